The fraction of sp³-hybridized carbons (Fsp3) is 0.500. The maximum absolute atomic E-state index is 11.6. The third-order valence-electron chi connectivity index (χ3n) is 3.21. The highest BCUT2D eigenvalue weighted by molar-refractivity contribution is 5.70. The van der Waals surface area contributed by atoms with Gasteiger partial charge >= 0.3 is 0 Å². The molecule has 0 saturated carbocycles. The van der Waals surface area contributed by atoms with Gasteiger partial charge in [0.05, 0.1) is 12.9 Å². The number of fused-ring (bicyclic) bond motifs is 1. The Kier molecular flexibility index (Phi) is 2.94. The quantitative estimate of drug-likeness (QED) is 0.393. The summed E-state index contributed by atoms with van der Waals surface area (Å²) in [6.45, 7) is 0.0572. The van der Waals surface area contributed by atoms with Crippen molar-refractivity contribution in [3.8, 4) is 0 Å². The number of ether oxygens (including phenoxy) is 1. The Hall–Kier alpha value is -2.01. The first kappa shape index (κ1) is 13.0. The highest BCUT2D eigenvalue weighted by Gasteiger charge is 2.41. The number of aromatic amines is 1. The predicted octanol–water partition coefficient (Wildman–Crippen LogP) is -2.86. The van der Waals surface area contributed by atoms with E-state index >= 15 is 0 Å². The van der Waals surface area contributed by atoms with Gasteiger partial charge in [0.2, 0.25) is 5.95 Å². The minimum Gasteiger partial charge on any atom is -0.387 e. The van der Waals surface area contributed by atoms with Crippen molar-refractivity contribution in [1.29, 1.82) is 0 Å². The molecule has 20 heavy (non-hydrogen) atoms. The van der Waals surface area contributed by atoms with Crippen molar-refractivity contribution < 1.29 is 20.1 Å². The Labute approximate surface area is 111 Å². The molecule has 0 radical (unpaired) electrons. The van der Waals surface area contributed by atoms with Crippen LogP contribution in [0.4, 0.5) is 5.95 Å². The van der Waals surface area contributed by atoms with E-state index in [9.17, 15) is 20.1 Å². The van der Waals surface area contributed by atoms with Crippen molar-refractivity contribution in [3.63, 3.8) is 0 Å². The molecule has 4 atom stereocenters. The van der Waals surface area contributed by atoms with E-state index in [2.05, 4.69) is 15.0 Å². The van der Waals surface area contributed by atoms with Crippen LogP contribution in [0.25, 0.3) is 11.2 Å². The largest absolute Gasteiger partial charge is 0.387 e. The van der Waals surface area contributed by atoms with Crippen molar-refractivity contribution in [2.75, 3.05) is 5.73 Å². The van der Waals surface area contributed by atoms with Gasteiger partial charge in [-0.05, 0) is 0 Å². The molecule has 2 aromatic heterocycles. The molecule has 0 bridgehead atoms. The predicted molar refractivity (Wildman–Crippen MR) is 65.5 cm³/mol. The molecular weight excluding hydrogens is 270 g/mol. The summed E-state index contributed by atoms with van der Waals surface area (Å²) in [6.07, 6.45) is -3.58. The van der Waals surface area contributed by atoms with Crippen LogP contribution in [0.3, 0.4) is 0 Å². The number of H-pyrrole nitrogens is 1. The summed E-state index contributed by atoms with van der Waals surface area (Å²) in [5, 5.41) is 28.5. The average molecular weight is 283 g/mol. The van der Waals surface area contributed by atoms with Gasteiger partial charge in [0.15, 0.2) is 17.5 Å². The van der Waals surface area contributed by atoms with E-state index in [-0.39, 0.29) is 23.7 Å². The summed E-state index contributed by atoms with van der Waals surface area (Å²) in [4.78, 5) is 21.8. The van der Waals surface area contributed by atoms with Crippen LogP contribution in [0.1, 0.15) is 0 Å². The Morgan fingerprint density at radius 1 is 1.40 bits per heavy atom. The topological polar surface area (TPSA) is 160 Å². The van der Waals surface area contributed by atoms with Crippen LogP contribution < -0.4 is 11.3 Å². The first-order valence-corrected chi connectivity index (χ1v) is 5.87. The molecule has 1 fully saturated rings. The summed E-state index contributed by atoms with van der Waals surface area (Å²) < 4.78 is 6.49. The van der Waals surface area contributed by atoms with Gasteiger partial charge in [-0.15, -0.1) is 0 Å². The van der Waals surface area contributed by atoms with Crippen LogP contribution in [0, 0.1) is 0 Å². The minimum absolute atomic E-state index is 0.0572. The van der Waals surface area contributed by atoms with Gasteiger partial charge in [-0.3, -0.25) is 9.78 Å². The summed E-state index contributed by atoms with van der Waals surface area (Å²) in [6, 6.07) is 0. The van der Waals surface area contributed by atoms with Crippen molar-refractivity contribution in [2.45, 2.75) is 31.1 Å². The maximum Gasteiger partial charge on any atom is 0.280 e. The van der Waals surface area contributed by atoms with Gasteiger partial charge in [0.1, 0.15) is 18.3 Å². The lowest BCUT2D eigenvalue weighted by Gasteiger charge is -2.14. The second-order valence-corrected chi connectivity index (χ2v) is 4.57. The molecule has 10 nitrogen and oxygen atoms in total. The van der Waals surface area contributed by atoms with Crippen molar-refractivity contribution in [1.82, 2.24) is 19.5 Å². The molecule has 1 aliphatic rings. The minimum atomic E-state index is -1.45. The molecule has 0 amide bonds. The van der Waals surface area contributed by atoms with Crippen LogP contribution in [-0.2, 0) is 11.3 Å². The van der Waals surface area contributed by atoms with Crippen LogP contribution in [0.15, 0.2) is 11.1 Å². The summed E-state index contributed by atoms with van der Waals surface area (Å²) in [5.74, 6) is -0.0581. The number of nitrogen functional groups attached to an aromatic ring is 1. The van der Waals surface area contributed by atoms with Gasteiger partial charge in [0, 0.05) is 0 Å². The second kappa shape index (κ2) is 4.52. The zero-order valence-electron chi connectivity index (χ0n) is 10.2. The van der Waals surface area contributed by atoms with Gasteiger partial charge in [-0.2, -0.15) is 4.98 Å². The number of nitrogens with zero attached hydrogens (tertiary/aromatic N) is 3. The van der Waals surface area contributed by atoms with Gasteiger partial charge in [-0.25, -0.2) is 4.98 Å². The number of aliphatic hydroxyl groups excluding tert-OH is 3. The molecule has 0 spiro atoms. The van der Waals surface area contributed by atoms with Gasteiger partial charge in [0.25, 0.3) is 5.56 Å². The number of imidazole rings is 1. The summed E-state index contributed by atoms with van der Waals surface area (Å²) >= 11 is 0. The average Bonchev–Trinajstić information content (AvgIpc) is 2.88. The molecule has 2 aromatic rings. The molecule has 3 heterocycles. The lowest BCUT2D eigenvalue weighted by Crippen LogP contribution is -2.34. The molecule has 6 N–H and O–H groups in total. The molecule has 10 heteroatoms. The smallest absolute Gasteiger partial charge is 0.280 e. The number of nitrogens with one attached hydrogen (secondary N) is 1. The Balaban J connectivity index is 1.94. The normalized spacial score (nSPS) is 30.1. The Bertz CT molecular complexity index is 697. The van der Waals surface area contributed by atoms with Crippen molar-refractivity contribution >= 4 is 17.1 Å². The fourth-order valence-electron chi connectivity index (χ4n) is 2.18. The van der Waals surface area contributed by atoms with Crippen LogP contribution in [-0.4, -0.2) is 59.4 Å². The highest BCUT2D eigenvalue weighted by Crippen LogP contribution is 2.21. The van der Waals surface area contributed by atoms with E-state index in [0.717, 1.165) is 0 Å². The lowest BCUT2D eigenvalue weighted by atomic mass is 10.1. The molecule has 0 aromatic carbocycles. The van der Waals surface area contributed by atoms with Gasteiger partial charge in [-0.1, -0.05) is 0 Å². The number of nitrogens with two attached hydrogens (primary N) is 1. The van der Waals surface area contributed by atoms with Crippen LogP contribution in [0.5, 0.6) is 0 Å². The Morgan fingerprint density at radius 2 is 2.15 bits per heavy atom. The molecule has 1 aliphatic heterocycles. The summed E-state index contributed by atoms with van der Waals surface area (Å²) in [5.41, 5.74) is 5.33. The second-order valence-electron chi connectivity index (χ2n) is 4.57. The van der Waals surface area contributed by atoms with Crippen LogP contribution >= 0.6 is 0 Å². The SMILES string of the molecule is Nc1nc2c(ncn2C[C@H]2O[C@@H](O)[C@H](O)[C@@H]2O)c(=O)[nH]1. The van der Waals surface area contributed by atoms with Crippen LogP contribution in [0.2, 0.25) is 0 Å². The third kappa shape index (κ3) is 1.94. The Morgan fingerprint density at radius 3 is 2.80 bits per heavy atom. The first-order valence-electron chi connectivity index (χ1n) is 5.87. The van der Waals surface area contributed by atoms with E-state index in [0.29, 0.717) is 0 Å². The molecule has 3 rings (SSSR count). The van der Waals surface area contributed by atoms with E-state index in [1.165, 1.54) is 10.9 Å². The maximum atomic E-state index is 11.6. The van der Waals surface area contributed by atoms with Crippen molar-refractivity contribution in [2.24, 2.45) is 0 Å². The van der Waals surface area contributed by atoms with E-state index < -0.39 is 30.2 Å². The highest BCUT2D eigenvalue weighted by atomic mass is 16.6. The van der Waals surface area contributed by atoms with Gasteiger partial charge < -0.3 is 30.4 Å². The lowest BCUT2D eigenvalue weighted by molar-refractivity contribution is -0.128. The number of anilines is 1. The zero-order chi connectivity index (χ0) is 14.4. The number of rotatable bonds is 2. The first-order chi connectivity index (χ1) is 9.47. The molecular formula is C10H13N5O5. The molecule has 0 unspecified atom stereocenters. The van der Waals surface area contributed by atoms with Crippen molar-refractivity contribution in [3.05, 3.63) is 16.7 Å². The molecule has 108 valence electrons. The number of hydrogen-bond acceptors (Lipinski definition) is 8. The fourth-order valence-corrected chi connectivity index (χ4v) is 2.18. The van der Waals surface area contributed by atoms with E-state index in [1.54, 1.807) is 0 Å². The van der Waals surface area contributed by atoms with E-state index in [1.807, 2.05) is 0 Å². The molecule has 1 saturated heterocycles. The standard InChI is InChI=1S/C10H13N5O5/c11-10-13-7-4(8(18)14-10)12-2-15(7)1-3-5(16)6(17)9(19)20-3/h2-3,5-6,9,16-17,19H,1H2,(H3,11,13,14,18)/t3-,5-,6-,9-/m1/s1. The zero-order valence-corrected chi connectivity index (χ0v) is 10.2. The number of hydrogen-bond donors (Lipinski definition) is 5. The summed E-state index contributed by atoms with van der Waals surface area (Å²) in [7, 11) is 0. The third-order valence-corrected chi connectivity index (χ3v) is 3.21. The monoisotopic (exact) mass is 283 g/mol. The van der Waals surface area contributed by atoms with E-state index in [4.69, 9.17) is 10.5 Å². The number of aliphatic hydroxyl groups is 3. The number of aromatic nitrogens is 4. The molecule has 0 aliphatic carbocycles.